The maximum atomic E-state index is 14.5. The van der Waals surface area contributed by atoms with Gasteiger partial charge in [-0.3, -0.25) is 0 Å². The van der Waals surface area contributed by atoms with E-state index in [4.69, 9.17) is 5.11 Å². The molecule has 7 heteroatoms. The topological polar surface area (TPSA) is 46.5 Å². The smallest absolute Gasteiger partial charge is 0.416 e. The molecule has 3 nitrogen and oxygen atoms in total. The van der Waals surface area contributed by atoms with Crippen molar-refractivity contribution in [1.29, 1.82) is 0 Å². The SMILES string of the molecule is COC=CC(=O)O.FC(=Cc1ccccc1)c1cccc(-c2cccc(C(F)(F)F)c2)c1. The summed E-state index contributed by atoms with van der Waals surface area (Å²) in [6, 6.07) is 20.4. The number of ether oxygens (including phenoxy) is 1. The molecule has 0 fully saturated rings. The molecule has 0 radical (unpaired) electrons. The summed E-state index contributed by atoms with van der Waals surface area (Å²) >= 11 is 0. The molecule has 3 aromatic carbocycles. The molecule has 3 rings (SSSR count). The van der Waals surface area contributed by atoms with E-state index >= 15 is 0 Å². The first-order valence-corrected chi connectivity index (χ1v) is 9.33. The Morgan fingerprint density at radius 2 is 1.53 bits per heavy atom. The van der Waals surface area contributed by atoms with Gasteiger partial charge in [0, 0.05) is 5.56 Å². The largest absolute Gasteiger partial charge is 0.504 e. The summed E-state index contributed by atoms with van der Waals surface area (Å²) in [5.41, 5.74) is 1.23. The molecule has 0 heterocycles. The third-order valence-corrected chi connectivity index (χ3v) is 4.10. The summed E-state index contributed by atoms with van der Waals surface area (Å²) in [6.45, 7) is 0. The van der Waals surface area contributed by atoms with Crippen LogP contribution in [-0.4, -0.2) is 18.2 Å². The minimum absolute atomic E-state index is 0.318. The van der Waals surface area contributed by atoms with Crippen LogP contribution in [0.15, 0.2) is 91.2 Å². The first-order chi connectivity index (χ1) is 15.2. The molecule has 0 bridgehead atoms. The van der Waals surface area contributed by atoms with Crippen molar-refractivity contribution in [1.82, 2.24) is 0 Å². The van der Waals surface area contributed by atoms with Crippen LogP contribution in [0.5, 0.6) is 0 Å². The molecule has 166 valence electrons. The molecule has 0 saturated carbocycles. The van der Waals surface area contributed by atoms with E-state index in [2.05, 4.69) is 4.74 Å². The van der Waals surface area contributed by atoms with Gasteiger partial charge in [0.05, 0.1) is 25.0 Å². The van der Waals surface area contributed by atoms with Crippen molar-refractivity contribution in [3.63, 3.8) is 0 Å². The van der Waals surface area contributed by atoms with Crippen molar-refractivity contribution < 1.29 is 32.2 Å². The van der Waals surface area contributed by atoms with E-state index in [9.17, 15) is 22.4 Å². The van der Waals surface area contributed by atoms with Gasteiger partial charge >= 0.3 is 12.1 Å². The van der Waals surface area contributed by atoms with Gasteiger partial charge in [-0.15, -0.1) is 0 Å². The van der Waals surface area contributed by atoms with E-state index in [0.29, 0.717) is 22.3 Å². The number of aliphatic carboxylic acids is 1. The van der Waals surface area contributed by atoms with Gasteiger partial charge in [-0.05, 0) is 41.0 Å². The molecule has 32 heavy (non-hydrogen) atoms. The molecule has 0 unspecified atom stereocenters. The first kappa shape index (κ1) is 24.4. The fraction of sp³-hybridized carbons (Fsp3) is 0.0800. The highest BCUT2D eigenvalue weighted by atomic mass is 19.4. The Morgan fingerprint density at radius 1 is 0.906 bits per heavy atom. The van der Waals surface area contributed by atoms with Crippen LogP contribution in [0.4, 0.5) is 17.6 Å². The number of carboxylic acid groups (broad SMARTS) is 1. The van der Waals surface area contributed by atoms with Gasteiger partial charge in [0.1, 0.15) is 5.83 Å². The molecule has 1 N–H and O–H groups in total. The Kier molecular flexibility index (Phi) is 8.77. The lowest BCUT2D eigenvalue weighted by Gasteiger charge is -2.09. The Balaban J connectivity index is 0.000000451. The molecular formula is C25H20F4O3. The highest BCUT2D eigenvalue weighted by molar-refractivity contribution is 5.80. The lowest BCUT2D eigenvalue weighted by Crippen LogP contribution is -2.04. The number of hydrogen-bond acceptors (Lipinski definition) is 2. The normalized spacial score (nSPS) is 11.6. The molecule has 0 aliphatic rings. The third-order valence-electron chi connectivity index (χ3n) is 4.10. The molecule has 0 spiro atoms. The average Bonchev–Trinajstić information content (AvgIpc) is 2.78. The monoisotopic (exact) mass is 444 g/mol. The molecular weight excluding hydrogens is 424 g/mol. The number of halogens is 4. The highest BCUT2D eigenvalue weighted by Crippen LogP contribution is 2.33. The van der Waals surface area contributed by atoms with Gasteiger partial charge in [-0.1, -0.05) is 60.7 Å². The fourth-order valence-corrected chi connectivity index (χ4v) is 2.63. The van der Waals surface area contributed by atoms with E-state index in [-0.39, 0.29) is 0 Å². The zero-order valence-electron chi connectivity index (χ0n) is 17.0. The van der Waals surface area contributed by atoms with E-state index in [1.807, 2.05) is 6.07 Å². The van der Waals surface area contributed by atoms with E-state index in [1.165, 1.54) is 19.3 Å². The first-order valence-electron chi connectivity index (χ1n) is 9.33. The quantitative estimate of drug-likeness (QED) is 0.198. The zero-order valence-corrected chi connectivity index (χ0v) is 17.0. The number of hydrogen-bond donors (Lipinski definition) is 1. The van der Waals surface area contributed by atoms with Gasteiger partial charge in [0.15, 0.2) is 0 Å². The van der Waals surface area contributed by atoms with E-state index in [1.54, 1.807) is 54.6 Å². The van der Waals surface area contributed by atoms with Crippen LogP contribution >= 0.6 is 0 Å². The van der Waals surface area contributed by atoms with Crippen LogP contribution in [-0.2, 0) is 15.7 Å². The van der Waals surface area contributed by atoms with E-state index in [0.717, 1.165) is 24.5 Å². The molecule has 0 aliphatic heterocycles. The maximum absolute atomic E-state index is 14.5. The number of rotatable bonds is 5. The van der Waals surface area contributed by atoms with Crippen molar-refractivity contribution in [2.75, 3.05) is 7.11 Å². The maximum Gasteiger partial charge on any atom is 0.416 e. The Labute approximate surface area is 182 Å². The standard InChI is InChI=1S/C21H14F4.C4H6O3/c22-20(12-15-6-2-1-3-7-15)18-10-4-8-16(13-18)17-9-5-11-19(14-17)21(23,24)25;1-7-3-2-4(5)6/h1-14H;2-3H,1H3,(H,5,6). The van der Waals surface area contributed by atoms with Crippen molar-refractivity contribution in [3.05, 3.63) is 108 Å². The Morgan fingerprint density at radius 3 is 2.09 bits per heavy atom. The van der Waals surface area contributed by atoms with Crippen LogP contribution in [0, 0.1) is 0 Å². The molecule has 0 amide bonds. The number of methoxy groups -OCH3 is 1. The van der Waals surface area contributed by atoms with Crippen LogP contribution in [0.3, 0.4) is 0 Å². The van der Waals surface area contributed by atoms with Gasteiger partial charge in [0.2, 0.25) is 0 Å². The number of carbonyl (C=O) groups is 1. The van der Waals surface area contributed by atoms with Crippen LogP contribution < -0.4 is 0 Å². The van der Waals surface area contributed by atoms with Crippen molar-refractivity contribution in [2.24, 2.45) is 0 Å². The van der Waals surface area contributed by atoms with Gasteiger partial charge in [-0.25, -0.2) is 9.18 Å². The predicted molar refractivity (Wildman–Crippen MR) is 116 cm³/mol. The summed E-state index contributed by atoms with van der Waals surface area (Å²) in [6.07, 6.45) is -1.00. The Hall–Kier alpha value is -3.87. The molecule has 3 aromatic rings. The third kappa shape index (κ3) is 7.75. The molecule has 0 atom stereocenters. The van der Waals surface area contributed by atoms with Crippen molar-refractivity contribution in [2.45, 2.75) is 6.18 Å². The number of carboxylic acids is 1. The van der Waals surface area contributed by atoms with Gasteiger partial charge < -0.3 is 9.84 Å². The summed E-state index contributed by atoms with van der Waals surface area (Å²) in [5, 5.41) is 7.88. The summed E-state index contributed by atoms with van der Waals surface area (Å²) in [4.78, 5) is 9.59. The second kappa shape index (κ2) is 11.5. The fourth-order valence-electron chi connectivity index (χ4n) is 2.63. The molecule has 0 saturated heterocycles. The van der Waals surface area contributed by atoms with Gasteiger partial charge in [0.25, 0.3) is 0 Å². The van der Waals surface area contributed by atoms with Gasteiger partial charge in [-0.2, -0.15) is 13.2 Å². The minimum Gasteiger partial charge on any atom is -0.504 e. The predicted octanol–water partition coefficient (Wildman–Crippen LogP) is 7.07. The molecule has 0 aromatic heterocycles. The van der Waals surface area contributed by atoms with Crippen molar-refractivity contribution >= 4 is 17.9 Å². The summed E-state index contributed by atoms with van der Waals surface area (Å²) in [7, 11) is 1.39. The zero-order chi connectivity index (χ0) is 23.6. The second-order valence-corrected chi connectivity index (χ2v) is 6.44. The lowest BCUT2D eigenvalue weighted by molar-refractivity contribution is -0.137. The van der Waals surface area contributed by atoms with Crippen LogP contribution in [0.1, 0.15) is 16.7 Å². The second-order valence-electron chi connectivity index (χ2n) is 6.44. The van der Waals surface area contributed by atoms with Crippen LogP contribution in [0.25, 0.3) is 23.0 Å². The lowest BCUT2D eigenvalue weighted by atomic mass is 10.00. The van der Waals surface area contributed by atoms with Crippen LogP contribution in [0.2, 0.25) is 0 Å². The number of alkyl halides is 3. The number of benzene rings is 3. The Bertz CT molecular complexity index is 1090. The average molecular weight is 444 g/mol. The highest BCUT2D eigenvalue weighted by Gasteiger charge is 2.30. The summed E-state index contributed by atoms with van der Waals surface area (Å²) in [5.74, 6) is -1.44. The van der Waals surface area contributed by atoms with Crippen molar-refractivity contribution in [3.8, 4) is 11.1 Å². The minimum atomic E-state index is -4.41. The summed E-state index contributed by atoms with van der Waals surface area (Å²) < 4.78 is 57.4. The van der Waals surface area contributed by atoms with E-state index < -0.39 is 23.5 Å². The molecule has 0 aliphatic carbocycles.